The Balaban J connectivity index is 2.04. The molecule has 0 unspecified atom stereocenters. The number of rotatable bonds is 0. The number of hydrogen-bond acceptors (Lipinski definition) is 3. The lowest BCUT2D eigenvalue weighted by molar-refractivity contribution is 0.106. The van der Waals surface area contributed by atoms with E-state index in [1.807, 2.05) is 0 Å². The molecule has 2 aliphatic rings. The maximum absolute atomic E-state index is 3.44. The molecule has 12 heavy (non-hydrogen) atoms. The quantitative estimate of drug-likeness (QED) is 0.602. The molecule has 1 spiro atoms. The summed E-state index contributed by atoms with van der Waals surface area (Å²) in [4.78, 5) is 2.59. The van der Waals surface area contributed by atoms with Crippen molar-refractivity contribution in [3.8, 4) is 0 Å². The van der Waals surface area contributed by atoms with E-state index in [0.717, 1.165) is 0 Å². The van der Waals surface area contributed by atoms with Gasteiger partial charge in [-0.05, 0) is 33.0 Å². The average molecular weight is 186 g/mol. The zero-order valence-electron chi connectivity index (χ0n) is 7.81. The summed E-state index contributed by atoms with van der Waals surface area (Å²) in [6.45, 7) is 3.71. The molecule has 0 aromatic carbocycles. The first-order valence-corrected chi connectivity index (χ1v) is 5.99. The summed E-state index contributed by atoms with van der Waals surface area (Å²) in [6.07, 6.45) is 2.69. The zero-order chi connectivity index (χ0) is 8.44. The van der Waals surface area contributed by atoms with Gasteiger partial charge in [0.1, 0.15) is 0 Å². The Morgan fingerprint density at radius 3 is 2.75 bits per heavy atom. The first kappa shape index (κ1) is 8.85. The van der Waals surface area contributed by atoms with Crippen molar-refractivity contribution >= 4 is 11.8 Å². The van der Waals surface area contributed by atoms with Crippen LogP contribution in [0, 0.1) is 0 Å². The zero-order valence-corrected chi connectivity index (χ0v) is 8.62. The van der Waals surface area contributed by atoms with Crippen LogP contribution in [0.3, 0.4) is 0 Å². The molecule has 2 aliphatic heterocycles. The first-order valence-electron chi connectivity index (χ1n) is 4.83. The Hall–Kier alpha value is 0.270. The van der Waals surface area contributed by atoms with E-state index in [9.17, 15) is 0 Å². The largest absolute Gasteiger partial charge is 0.317 e. The monoisotopic (exact) mass is 186 g/mol. The molecule has 0 aromatic heterocycles. The standard InChI is InChI=1S/C9H18N2S/c1-11-6-7-12-8-9(11)2-4-10-5-3-9/h10H,2-8H2,1H3. The molecule has 0 atom stereocenters. The van der Waals surface area contributed by atoms with Crippen molar-refractivity contribution < 1.29 is 0 Å². The van der Waals surface area contributed by atoms with Crippen LogP contribution in [0.15, 0.2) is 0 Å². The maximum Gasteiger partial charge on any atom is 0.0321 e. The van der Waals surface area contributed by atoms with Crippen molar-refractivity contribution in [2.45, 2.75) is 18.4 Å². The topological polar surface area (TPSA) is 15.3 Å². The van der Waals surface area contributed by atoms with Crippen LogP contribution in [0.25, 0.3) is 0 Å². The van der Waals surface area contributed by atoms with E-state index >= 15 is 0 Å². The molecule has 0 aliphatic carbocycles. The Morgan fingerprint density at radius 2 is 2.08 bits per heavy atom. The van der Waals surface area contributed by atoms with Gasteiger partial charge in [-0.2, -0.15) is 11.8 Å². The summed E-state index contributed by atoms with van der Waals surface area (Å²) < 4.78 is 0. The lowest BCUT2D eigenvalue weighted by Crippen LogP contribution is -2.57. The van der Waals surface area contributed by atoms with Crippen LogP contribution in [0.4, 0.5) is 0 Å². The lowest BCUT2D eigenvalue weighted by Gasteiger charge is -2.47. The van der Waals surface area contributed by atoms with Gasteiger partial charge in [0.05, 0.1) is 0 Å². The second-order valence-corrected chi connectivity index (χ2v) is 5.05. The summed E-state index contributed by atoms with van der Waals surface area (Å²) in [7, 11) is 2.30. The highest BCUT2D eigenvalue weighted by molar-refractivity contribution is 7.99. The molecule has 1 N–H and O–H groups in total. The molecule has 2 saturated heterocycles. The number of piperidine rings is 1. The van der Waals surface area contributed by atoms with E-state index in [-0.39, 0.29) is 0 Å². The number of nitrogens with one attached hydrogen (secondary N) is 1. The van der Waals surface area contributed by atoms with Crippen molar-refractivity contribution in [2.75, 3.05) is 38.2 Å². The van der Waals surface area contributed by atoms with Gasteiger partial charge in [0, 0.05) is 23.6 Å². The van der Waals surface area contributed by atoms with Crippen LogP contribution in [-0.2, 0) is 0 Å². The van der Waals surface area contributed by atoms with E-state index in [0.29, 0.717) is 5.54 Å². The fourth-order valence-electron chi connectivity index (χ4n) is 2.23. The van der Waals surface area contributed by atoms with Crippen LogP contribution < -0.4 is 5.32 Å². The molecule has 0 amide bonds. The SMILES string of the molecule is CN1CCSCC12CCNCC2. The van der Waals surface area contributed by atoms with Crippen LogP contribution in [0.1, 0.15) is 12.8 Å². The average Bonchev–Trinajstić information content (AvgIpc) is 2.12. The van der Waals surface area contributed by atoms with Gasteiger partial charge in [-0.3, -0.25) is 4.90 Å². The highest BCUT2D eigenvalue weighted by atomic mass is 32.2. The Kier molecular flexibility index (Phi) is 2.63. The van der Waals surface area contributed by atoms with Crippen LogP contribution in [-0.4, -0.2) is 48.6 Å². The minimum absolute atomic E-state index is 0.550. The molecule has 70 valence electrons. The molecule has 2 rings (SSSR count). The molecule has 2 fully saturated rings. The molecule has 0 aromatic rings. The summed E-state index contributed by atoms with van der Waals surface area (Å²) in [6, 6.07) is 0. The predicted molar refractivity (Wildman–Crippen MR) is 54.8 cm³/mol. The number of hydrogen-bond donors (Lipinski definition) is 1. The van der Waals surface area contributed by atoms with Crippen LogP contribution >= 0.6 is 11.8 Å². The molecule has 3 heteroatoms. The summed E-state index contributed by atoms with van der Waals surface area (Å²) in [5, 5.41) is 3.44. The third kappa shape index (κ3) is 1.50. The van der Waals surface area contributed by atoms with Crippen molar-refractivity contribution in [1.82, 2.24) is 10.2 Å². The highest BCUT2D eigenvalue weighted by Crippen LogP contribution is 2.32. The molecule has 2 nitrogen and oxygen atoms in total. The summed E-state index contributed by atoms with van der Waals surface area (Å²) >= 11 is 2.13. The second-order valence-electron chi connectivity index (χ2n) is 3.95. The van der Waals surface area contributed by atoms with Gasteiger partial charge in [-0.15, -0.1) is 0 Å². The van der Waals surface area contributed by atoms with Gasteiger partial charge in [0.2, 0.25) is 0 Å². The normalized spacial score (nSPS) is 30.8. The van der Waals surface area contributed by atoms with Gasteiger partial charge in [0.25, 0.3) is 0 Å². The highest BCUT2D eigenvalue weighted by Gasteiger charge is 2.37. The smallest absolute Gasteiger partial charge is 0.0321 e. The van der Waals surface area contributed by atoms with E-state index in [1.54, 1.807) is 0 Å². The third-order valence-corrected chi connectivity index (χ3v) is 4.50. The number of nitrogens with zero attached hydrogens (tertiary/aromatic N) is 1. The van der Waals surface area contributed by atoms with Crippen molar-refractivity contribution in [1.29, 1.82) is 0 Å². The van der Waals surface area contributed by atoms with Crippen LogP contribution in [0.5, 0.6) is 0 Å². The van der Waals surface area contributed by atoms with Gasteiger partial charge in [0.15, 0.2) is 0 Å². The Bertz CT molecular complexity index is 146. The van der Waals surface area contributed by atoms with Gasteiger partial charge in [-0.1, -0.05) is 0 Å². The Labute approximate surface area is 79.1 Å². The molecule has 0 bridgehead atoms. The predicted octanol–water partition coefficient (Wildman–Crippen LogP) is 0.787. The van der Waals surface area contributed by atoms with Crippen molar-refractivity contribution in [3.05, 3.63) is 0 Å². The molecular formula is C9H18N2S. The maximum atomic E-state index is 3.44. The number of thioether (sulfide) groups is 1. The molecule has 0 saturated carbocycles. The summed E-state index contributed by atoms with van der Waals surface area (Å²) in [5.74, 6) is 2.68. The van der Waals surface area contributed by atoms with E-state index < -0.39 is 0 Å². The first-order chi connectivity index (χ1) is 5.83. The van der Waals surface area contributed by atoms with Gasteiger partial charge >= 0.3 is 0 Å². The van der Waals surface area contributed by atoms with Gasteiger partial charge < -0.3 is 5.32 Å². The Morgan fingerprint density at radius 1 is 1.33 bits per heavy atom. The fourth-order valence-corrected chi connectivity index (χ4v) is 3.67. The molecule has 0 radical (unpaired) electrons. The van der Waals surface area contributed by atoms with Crippen LogP contribution in [0.2, 0.25) is 0 Å². The minimum atomic E-state index is 0.550. The third-order valence-electron chi connectivity index (χ3n) is 3.29. The lowest BCUT2D eigenvalue weighted by atomic mass is 9.88. The van der Waals surface area contributed by atoms with E-state index in [4.69, 9.17) is 0 Å². The molecule has 2 heterocycles. The van der Waals surface area contributed by atoms with Crippen molar-refractivity contribution in [2.24, 2.45) is 0 Å². The minimum Gasteiger partial charge on any atom is -0.317 e. The van der Waals surface area contributed by atoms with E-state index in [2.05, 4.69) is 29.0 Å². The van der Waals surface area contributed by atoms with Crippen molar-refractivity contribution in [3.63, 3.8) is 0 Å². The second kappa shape index (κ2) is 3.56. The van der Waals surface area contributed by atoms with E-state index in [1.165, 1.54) is 44.0 Å². The fraction of sp³-hybridized carbons (Fsp3) is 1.00. The summed E-state index contributed by atoms with van der Waals surface area (Å²) in [5.41, 5.74) is 0.550. The molecular weight excluding hydrogens is 168 g/mol. The van der Waals surface area contributed by atoms with Gasteiger partial charge in [-0.25, -0.2) is 0 Å².